The zero-order chi connectivity index (χ0) is 22.4. The molecule has 1 amide bonds. The monoisotopic (exact) mass is 466 g/mol. The molecule has 0 atom stereocenters. The molecule has 0 aliphatic heterocycles. The van der Waals surface area contributed by atoms with E-state index in [0.717, 1.165) is 21.8 Å². The normalized spacial score (nSPS) is 12.2. The lowest BCUT2D eigenvalue weighted by Crippen LogP contribution is -2.07. The Morgan fingerprint density at radius 1 is 1.25 bits per heavy atom. The van der Waals surface area contributed by atoms with Gasteiger partial charge in [-0.05, 0) is 31.0 Å². The van der Waals surface area contributed by atoms with Crippen LogP contribution in [0.25, 0.3) is 27.6 Å². The fourth-order valence-electron chi connectivity index (χ4n) is 3.69. The number of fused-ring (bicyclic) bond motifs is 3. The van der Waals surface area contributed by atoms with E-state index in [1.807, 2.05) is 0 Å². The summed E-state index contributed by atoms with van der Waals surface area (Å²) in [5, 5.41) is 17.6. The van der Waals surface area contributed by atoms with Gasteiger partial charge in [-0.3, -0.25) is 14.8 Å². The molecular weight excluding hydrogens is 452 g/mol. The van der Waals surface area contributed by atoms with E-state index in [4.69, 9.17) is 16.7 Å². The van der Waals surface area contributed by atoms with Gasteiger partial charge < -0.3 is 10.4 Å². The van der Waals surface area contributed by atoms with Crippen LogP contribution in [0.15, 0.2) is 36.8 Å². The number of nitrogens with one attached hydrogen (secondary N) is 1. The molecule has 32 heavy (non-hydrogen) atoms. The minimum absolute atomic E-state index is 0.0837. The van der Waals surface area contributed by atoms with Gasteiger partial charge in [-0.1, -0.05) is 22.9 Å². The molecule has 0 bridgehead atoms. The van der Waals surface area contributed by atoms with Crippen LogP contribution in [0.4, 0.5) is 5.13 Å². The number of thiazole rings is 1. The van der Waals surface area contributed by atoms with Crippen LogP contribution in [0.2, 0.25) is 5.02 Å². The van der Waals surface area contributed by atoms with Crippen LogP contribution in [0, 0.1) is 0 Å². The summed E-state index contributed by atoms with van der Waals surface area (Å²) < 4.78 is 1.70. The lowest BCUT2D eigenvalue weighted by atomic mass is 9.96. The summed E-state index contributed by atoms with van der Waals surface area (Å²) in [4.78, 5) is 36.9. The Bertz CT molecular complexity index is 1380. The molecule has 0 spiro atoms. The number of rotatable bonds is 4. The van der Waals surface area contributed by atoms with E-state index in [2.05, 4.69) is 20.3 Å². The smallest absolute Gasteiger partial charge is 0.335 e. The minimum atomic E-state index is -1.06. The molecule has 0 radical (unpaired) electrons. The van der Waals surface area contributed by atoms with Gasteiger partial charge in [0.2, 0.25) is 5.91 Å². The third kappa shape index (κ3) is 3.43. The number of carboxylic acids is 1. The number of hydrogen-bond acceptors (Lipinski definition) is 7. The van der Waals surface area contributed by atoms with Crippen LogP contribution in [0.5, 0.6) is 0 Å². The fourth-order valence-corrected chi connectivity index (χ4v) is 5.06. The van der Waals surface area contributed by atoms with Gasteiger partial charge in [-0.2, -0.15) is 5.10 Å². The van der Waals surface area contributed by atoms with Crippen molar-refractivity contribution in [2.75, 3.05) is 5.32 Å². The van der Waals surface area contributed by atoms with E-state index in [0.29, 0.717) is 35.0 Å². The summed E-state index contributed by atoms with van der Waals surface area (Å²) in [6, 6.07) is 4.51. The van der Waals surface area contributed by atoms with Gasteiger partial charge in [0.1, 0.15) is 11.4 Å². The van der Waals surface area contributed by atoms with Crippen molar-refractivity contribution in [3.05, 3.63) is 58.6 Å². The van der Waals surface area contributed by atoms with Crippen LogP contribution < -0.4 is 5.32 Å². The Morgan fingerprint density at radius 2 is 2.09 bits per heavy atom. The van der Waals surface area contributed by atoms with Crippen molar-refractivity contribution in [1.29, 1.82) is 0 Å². The average Bonchev–Trinajstić information content (AvgIpc) is 3.34. The molecule has 0 saturated carbocycles. The maximum atomic E-state index is 11.5. The van der Waals surface area contributed by atoms with Crippen molar-refractivity contribution >= 4 is 39.9 Å². The lowest BCUT2D eigenvalue weighted by molar-refractivity contribution is -0.114. The number of hydrogen-bond donors (Lipinski definition) is 2. The molecule has 3 heterocycles. The summed E-state index contributed by atoms with van der Waals surface area (Å²) >= 11 is 7.85. The lowest BCUT2D eigenvalue weighted by Gasteiger charge is -2.15. The summed E-state index contributed by atoms with van der Waals surface area (Å²) in [6.07, 6.45) is 6.19. The van der Waals surface area contributed by atoms with Crippen molar-refractivity contribution in [3.63, 3.8) is 0 Å². The molecule has 160 valence electrons. The number of anilines is 1. The Balaban J connectivity index is 1.75. The predicted octanol–water partition coefficient (Wildman–Crippen LogP) is 3.86. The second kappa shape index (κ2) is 7.81. The van der Waals surface area contributed by atoms with Crippen molar-refractivity contribution in [3.8, 4) is 27.6 Å². The van der Waals surface area contributed by atoms with E-state index < -0.39 is 5.97 Å². The van der Waals surface area contributed by atoms with Gasteiger partial charge in [-0.25, -0.2) is 14.5 Å². The quantitative estimate of drug-likeness (QED) is 0.468. The zero-order valence-corrected chi connectivity index (χ0v) is 18.2. The van der Waals surface area contributed by atoms with Crippen LogP contribution in [0.3, 0.4) is 0 Å². The highest BCUT2D eigenvalue weighted by Crippen LogP contribution is 2.44. The predicted molar refractivity (Wildman–Crippen MR) is 119 cm³/mol. The summed E-state index contributed by atoms with van der Waals surface area (Å²) in [7, 11) is 0. The summed E-state index contributed by atoms with van der Waals surface area (Å²) in [6.45, 7) is 1.44. The zero-order valence-electron chi connectivity index (χ0n) is 16.7. The number of carbonyl (C=O) groups is 2. The molecular formula is C21H15ClN6O3S. The van der Waals surface area contributed by atoms with E-state index in [1.54, 1.807) is 29.3 Å². The number of carboxylic acid groups (broad SMARTS) is 1. The van der Waals surface area contributed by atoms with Gasteiger partial charge in [0.05, 0.1) is 38.7 Å². The van der Waals surface area contributed by atoms with Crippen molar-refractivity contribution in [1.82, 2.24) is 24.7 Å². The second-order valence-corrected chi connectivity index (χ2v) is 8.53. The fraction of sp³-hybridized carbons (Fsp3) is 0.143. The molecule has 9 nitrogen and oxygen atoms in total. The van der Waals surface area contributed by atoms with Crippen molar-refractivity contribution in [2.45, 2.75) is 19.8 Å². The molecule has 0 fully saturated rings. The number of amides is 1. The molecule has 1 aromatic carbocycles. The van der Waals surface area contributed by atoms with Gasteiger partial charge in [-0.15, -0.1) is 0 Å². The first kappa shape index (κ1) is 20.3. The number of halogens is 1. The van der Waals surface area contributed by atoms with Gasteiger partial charge in [0, 0.05) is 24.9 Å². The van der Waals surface area contributed by atoms with Crippen molar-refractivity contribution < 1.29 is 14.7 Å². The Kier molecular flexibility index (Phi) is 4.95. The number of nitrogens with zero attached hydrogens (tertiary/aromatic N) is 5. The number of benzene rings is 1. The molecule has 0 unspecified atom stereocenters. The molecule has 3 aromatic heterocycles. The van der Waals surface area contributed by atoms with Gasteiger partial charge in [0.15, 0.2) is 5.13 Å². The largest absolute Gasteiger partial charge is 0.478 e. The first-order chi connectivity index (χ1) is 15.4. The molecule has 11 heteroatoms. The maximum absolute atomic E-state index is 11.5. The number of aromatic carboxylic acids is 1. The molecule has 5 rings (SSSR count). The van der Waals surface area contributed by atoms with Crippen LogP contribution >= 0.6 is 22.9 Å². The SMILES string of the molecule is CC(=O)Nc1nc2c(s1)-c1c(c(-c3cnccn3)nn1-c1ccc(C(=O)O)cc1Cl)CC2. The first-order valence-corrected chi connectivity index (χ1v) is 10.8. The molecule has 4 aromatic rings. The summed E-state index contributed by atoms with van der Waals surface area (Å²) in [5.74, 6) is -1.26. The van der Waals surface area contributed by atoms with Crippen LogP contribution in [0.1, 0.15) is 28.5 Å². The minimum Gasteiger partial charge on any atom is -0.478 e. The number of aryl methyl sites for hydroxylation is 1. The highest BCUT2D eigenvalue weighted by Gasteiger charge is 2.31. The number of carbonyl (C=O) groups excluding carboxylic acids is 1. The Labute approximate surface area is 190 Å². The van der Waals surface area contributed by atoms with Crippen molar-refractivity contribution in [2.24, 2.45) is 0 Å². The van der Waals surface area contributed by atoms with Crippen LogP contribution in [-0.2, 0) is 17.6 Å². The highest BCUT2D eigenvalue weighted by atomic mass is 35.5. The third-order valence-electron chi connectivity index (χ3n) is 5.02. The third-order valence-corrected chi connectivity index (χ3v) is 6.34. The number of aromatic nitrogens is 5. The maximum Gasteiger partial charge on any atom is 0.335 e. The first-order valence-electron chi connectivity index (χ1n) is 9.61. The molecule has 2 N–H and O–H groups in total. The topological polar surface area (TPSA) is 123 Å². The molecule has 0 saturated heterocycles. The Hall–Kier alpha value is -3.63. The Morgan fingerprint density at radius 3 is 2.78 bits per heavy atom. The van der Waals surface area contributed by atoms with Crippen LogP contribution in [-0.4, -0.2) is 41.7 Å². The summed E-state index contributed by atoms with van der Waals surface area (Å²) in [5.41, 5.74) is 4.53. The van der Waals surface area contributed by atoms with E-state index >= 15 is 0 Å². The van der Waals surface area contributed by atoms with E-state index in [-0.39, 0.29) is 16.5 Å². The standard InChI is InChI=1S/C21H15ClN6O3S/c1-10(29)25-21-26-14-4-3-12-17(15-9-23-6-7-24-15)27-28(18(12)19(14)32-21)16-5-2-11(20(30)31)8-13(16)22/h2,5-9H,3-4H2,1H3,(H,30,31)(H,25,26,29). The molecule has 1 aliphatic carbocycles. The van der Waals surface area contributed by atoms with E-state index in [1.165, 1.54) is 30.4 Å². The van der Waals surface area contributed by atoms with E-state index in [9.17, 15) is 14.7 Å². The highest BCUT2D eigenvalue weighted by molar-refractivity contribution is 7.19. The average molecular weight is 467 g/mol. The van der Waals surface area contributed by atoms with Gasteiger partial charge >= 0.3 is 5.97 Å². The molecule has 1 aliphatic rings. The second-order valence-electron chi connectivity index (χ2n) is 7.13. The van der Waals surface area contributed by atoms with Gasteiger partial charge in [0.25, 0.3) is 0 Å².